The van der Waals surface area contributed by atoms with E-state index in [4.69, 9.17) is 4.98 Å². The SMILES string of the molecule is Cn1c(-c2ccccc2)nc2cc(-c3ccc4c(-c5ccccc5-c5ccccc5)c5ccccc5c(-c5ccccc5-c5ccccc5)c4c3)ccc21. The first-order valence-electron chi connectivity index (χ1n) is 18.5. The predicted molar refractivity (Wildman–Crippen MR) is 228 cm³/mol. The first kappa shape index (κ1) is 31.7. The van der Waals surface area contributed by atoms with Crippen LogP contribution in [-0.2, 0) is 7.05 Å². The molecule has 0 spiro atoms. The summed E-state index contributed by atoms with van der Waals surface area (Å²) in [6.45, 7) is 0. The molecule has 0 aliphatic heterocycles. The molecule has 0 atom stereocenters. The largest absolute Gasteiger partial charge is 0.327 e. The second-order valence-corrected chi connectivity index (χ2v) is 13.9. The third kappa shape index (κ3) is 5.31. The van der Waals surface area contributed by atoms with Crippen molar-refractivity contribution in [2.45, 2.75) is 0 Å². The van der Waals surface area contributed by atoms with E-state index in [1.807, 2.05) is 6.07 Å². The summed E-state index contributed by atoms with van der Waals surface area (Å²) in [7, 11) is 2.10. The topological polar surface area (TPSA) is 17.8 Å². The molecule has 0 aliphatic carbocycles. The van der Waals surface area contributed by atoms with Gasteiger partial charge in [0.25, 0.3) is 0 Å². The molecule has 254 valence electrons. The van der Waals surface area contributed by atoms with Gasteiger partial charge in [0.05, 0.1) is 11.0 Å². The van der Waals surface area contributed by atoms with Crippen LogP contribution in [0.2, 0.25) is 0 Å². The molecule has 0 N–H and O–H groups in total. The molecule has 1 heterocycles. The number of hydrogen-bond acceptors (Lipinski definition) is 1. The molecule has 1 aromatic heterocycles. The molecule has 0 unspecified atom stereocenters. The van der Waals surface area contributed by atoms with Gasteiger partial charge in [0.1, 0.15) is 5.82 Å². The van der Waals surface area contributed by atoms with Crippen LogP contribution in [0.15, 0.2) is 200 Å². The van der Waals surface area contributed by atoms with Gasteiger partial charge in [-0.25, -0.2) is 4.98 Å². The van der Waals surface area contributed by atoms with Crippen molar-refractivity contribution in [1.29, 1.82) is 0 Å². The number of aryl methyl sites for hydroxylation is 1. The third-order valence-corrected chi connectivity index (χ3v) is 10.8. The van der Waals surface area contributed by atoms with Crippen LogP contribution in [0.3, 0.4) is 0 Å². The van der Waals surface area contributed by atoms with Gasteiger partial charge in [0.2, 0.25) is 0 Å². The van der Waals surface area contributed by atoms with E-state index in [-0.39, 0.29) is 0 Å². The fourth-order valence-corrected chi connectivity index (χ4v) is 8.30. The van der Waals surface area contributed by atoms with Crippen molar-refractivity contribution in [3.05, 3.63) is 200 Å². The zero-order valence-electron chi connectivity index (χ0n) is 29.9. The van der Waals surface area contributed by atoms with Crippen molar-refractivity contribution in [3.8, 4) is 67.0 Å². The van der Waals surface area contributed by atoms with Crippen molar-refractivity contribution in [3.63, 3.8) is 0 Å². The van der Waals surface area contributed by atoms with Crippen LogP contribution in [0.1, 0.15) is 0 Å². The summed E-state index contributed by atoms with van der Waals surface area (Å²) in [4.78, 5) is 5.14. The van der Waals surface area contributed by atoms with Crippen LogP contribution in [0.4, 0.5) is 0 Å². The van der Waals surface area contributed by atoms with Gasteiger partial charge in [-0.05, 0) is 95.4 Å². The molecule has 2 nitrogen and oxygen atoms in total. The standard InChI is InChI=1S/C52H36N2/c1-54-49-32-30-39(34-48(49)53-52(54)37-21-9-4-10-22-37)38-29-31-46-47(33-38)51(43-26-14-12-24-41(43)36-19-7-3-8-20-36)45-28-16-15-27-44(45)50(46)42-25-13-11-23-40(42)35-17-5-2-6-18-35/h2-34H,1H3. The molecule has 0 saturated heterocycles. The van der Waals surface area contributed by atoms with Gasteiger partial charge in [-0.3, -0.25) is 0 Å². The molecule has 0 radical (unpaired) electrons. The lowest BCUT2D eigenvalue weighted by atomic mass is 9.81. The Hall–Kier alpha value is -7.03. The molecule has 0 saturated carbocycles. The zero-order valence-corrected chi connectivity index (χ0v) is 29.9. The highest BCUT2D eigenvalue weighted by Gasteiger charge is 2.21. The van der Waals surface area contributed by atoms with Gasteiger partial charge in [0.15, 0.2) is 0 Å². The maximum Gasteiger partial charge on any atom is 0.140 e. The van der Waals surface area contributed by atoms with Gasteiger partial charge < -0.3 is 4.57 Å². The molecule has 0 bridgehead atoms. The average molecular weight is 689 g/mol. The number of nitrogens with zero attached hydrogens (tertiary/aromatic N) is 2. The lowest BCUT2D eigenvalue weighted by Gasteiger charge is -2.21. The summed E-state index contributed by atoms with van der Waals surface area (Å²) in [5, 5.41) is 4.92. The molecule has 10 rings (SSSR count). The molecular weight excluding hydrogens is 653 g/mol. The second-order valence-electron chi connectivity index (χ2n) is 13.9. The molecule has 2 heteroatoms. The Morgan fingerprint density at radius 2 is 0.759 bits per heavy atom. The van der Waals surface area contributed by atoms with E-state index in [9.17, 15) is 0 Å². The number of rotatable bonds is 6. The van der Waals surface area contributed by atoms with Crippen molar-refractivity contribution in [1.82, 2.24) is 9.55 Å². The van der Waals surface area contributed by atoms with Crippen LogP contribution < -0.4 is 0 Å². The molecule has 9 aromatic carbocycles. The van der Waals surface area contributed by atoms with E-state index < -0.39 is 0 Å². The Labute approximate surface area is 315 Å². The predicted octanol–water partition coefficient (Wildman–Crippen LogP) is 13.9. The molecule has 10 aromatic rings. The van der Waals surface area contributed by atoms with Crippen molar-refractivity contribution in [2.24, 2.45) is 7.05 Å². The first-order valence-corrected chi connectivity index (χ1v) is 18.5. The fourth-order valence-electron chi connectivity index (χ4n) is 8.30. The number of benzene rings is 9. The minimum Gasteiger partial charge on any atom is -0.327 e. The Kier molecular flexibility index (Phi) is 7.74. The summed E-state index contributed by atoms with van der Waals surface area (Å²) in [5.74, 6) is 0.967. The quantitative estimate of drug-likeness (QED) is 0.159. The maximum absolute atomic E-state index is 5.14. The molecule has 54 heavy (non-hydrogen) atoms. The Morgan fingerprint density at radius 3 is 1.33 bits per heavy atom. The van der Waals surface area contributed by atoms with Gasteiger partial charge in [-0.2, -0.15) is 0 Å². The normalized spacial score (nSPS) is 11.4. The summed E-state index contributed by atoms with van der Waals surface area (Å²) < 4.78 is 2.19. The van der Waals surface area contributed by atoms with Gasteiger partial charge in [-0.1, -0.05) is 182 Å². The summed E-state index contributed by atoms with van der Waals surface area (Å²) >= 11 is 0. The van der Waals surface area contributed by atoms with Crippen molar-refractivity contribution in [2.75, 3.05) is 0 Å². The second kappa shape index (κ2) is 13.2. The highest BCUT2D eigenvalue weighted by Crippen LogP contribution is 2.48. The fraction of sp³-hybridized carbons (Fsp3) is 0.0192. The van der Waals surface area contributed by atoms with E-state index in [0.717, 1.165) is 33.5 Å². The number of aromatic nitrogens is 2. The lowest BCUT2D eigenvalue weighted by molar-refractivity contribution is 0.959. The average Bonchev–Trinajstić information content (AvgIpc) is 3.58. The van der Waals surface area contributed by atoms with E-state index in [1.54, 1.807) is 0 Å². The number of hydrogen-bond donors (Lipinski definition) is 0. The highest BCUT2D eigenvalue weighted by atomic mass is 15.1. The van der Waals surface area contributed by atoms with Crippen LogP contribution in [0.25, 0.3) is 99.6 Å². The van der Waals surface area contributed by atoms with Crippen LogP contribution in [0.5, 0.6) is 0 Å². The minimum atomic E-state index is 0.967. The van der Waals surface area contributed by atoms with Crippen molar-refractivity contribution < 1.29 is 0 Å². The van der Waals surface area contributed by atoms with Crippen LogP contribution in [-0.4, -0.2) is 9.55 Å². The Morgan fingerprint density at radius 1 is 0.333 bits per heavy atom. The van der Waals surface area contributed by atoms with Crippen LogP contribution in [0, 0.1) is 0 Å². The number of imidazole rings is 1. The maximum atomic E-state index is 5.14. The molecule has 0 amide bonds. The van der Waals surface area contributed by atoms with E-state index in [0.29, 0.717) is 0 Å². The lowest BCUT2D eigenvalue weighted by Crippen LogP contribution is -1.94. The zero-order chi connectivity index (χ0) is 36.0. The first-order chi connectivity index (χ1) is 26.7. The third-order valence-electron chi connectivity index (χ3n) is 10.8. The summed E-state index contributed by atoms with van der Waals surface area (Å²) in [6.07, 6.45) is 0. The Balaban J connectivity index is 1.28. The number of fused-ring (bicyclic) bond motifs is 3. The van der Waals surface area contributed by atoms with Gasteiger partial charge in [0, 0.05) is 12.6 Å². The van der Waals surface area contributed by atoms with Crippen molar-refractivity contribution >= 4 is 32.6 Å². The van der Waals surface area contributed by atoms with E-state index in [2.05, 4.69) is 206 Å². The van der Waals surface area contributed by atoms with Gasteiger partial charge >= 0.3 is 0 Å². The highest BCUT2D eigenvalue weighted by molar-refractivity contribution is 6.24. The smallest absolute Gasteiger partial charge is 0.140 e. The summed E-state index contributed by atoms with van der Waals surface area (Å²) in [5.41, 5.74) is 15.3. The summed E-state index contributed by atoms with van der Waals surface area (Å²) in [6, 6.07) is 72.4. The molecule has 0 fully saturated rings. The molecular formula is C52H36N2. The van der Waals surface area contributed by atoms with Crippen LogP contribution >= 0.6 is 0 Å². The van der Waals surface area contributed by atoms with E-state index in [1.165, 1.54) is 66.1 Å². The Bertz CT molecular complexity index is 2980. The minimum absolute atomic E-state index is 0.967. The monoisotopic (exact) mass is 688 g/mol. The molecule has 0 aliphatic rings. The van der Waals surface area contributed by atoms with Gasteiger partial charge in [-0.15, -0.1) is 0 Å². The van der Waals surface area contributed by atoms with E-state index >= 15 is 0 Å².